The Morgan fingerprint density at radius 2 is 2.00 bits per heavy atom. The lowest BCUT2D eigenvalue weighted by atomic mass is 10.1. The van der Waals surface area contributed by atoms with Gasteiger partial charge in [-0.3, -0.25) is 9.79 Å². The molecule has 0 saturated carbocycles. The van der Waals surface area contributed by atoms with E-state index in [4.69, 9.17) is 16.1 Å². The van der Waals surface area contributed by atoms with E-state index in [0.29, 0.717) is 21.5 Å². The van der Waals surface area contributed by atoms with Crippen molar-refractivity contribution in [3.8, 4) is 11.3 Å². The summed E-state index contributed by atoms with van der Waals surface area (Å²) in [5, 5.41) is 4.15. The number of amidine groups is 1. The van der Waals surface area contributed by atoms with Crippen LogP contribution in [0.2, 0.25) is 4.34 Å². The molecule has 0 N–H and O–H groups in total. The number of nitrogens with zero attached hydrogens (tertiary/aromatic N) is 4. The largest absolute Gasteiger partial charge is 0.359 e. The Hall–Kier alpha value is -2.64. The highest BCUT2D eigenvalue weighted by Gasteiger charge is 2.18. The molecule has 4 rings (SSSR count). The van der Waals surface area contributed by atoms with Gasteiger partial charge in [0.15, 0.2) is 5.76 Å². The summed E-state index contributed by atoms with van der Waals surface area (Å²) in [5.74, 6) is 1.54. The van der Waals surface area contributed by atoms with Crippen LogP contribution in [-0.2, 0) is 6.54 Å². The lowest BCUT2D eigenvalue weighted by Crippen LogP contribution is -2.25. The smallest absolute Gasteiger partial charge is 0.264 e. The summed E-state index contributed by atoms with van der Waals surface area (Å²) in [6.07, 6.45) is 0. The summed E-state index contributed by atoms with van der Waals surface area (Å²) in [7, 11) is 3.78. The molecule has 0 unspecified atom stereocenters. The molecule has 28 heavy (non-hydrogen) atoms. The van der Waals surface area contributed by atoms with Crippen LogP contribution in [0.3, 0.4) is 0 Å². The number of hydrogen-bond donors (Lipinski definition) is 0. The highest BCUT2D eigenvalue weighted by Crippen LogP contribution is 2.24. The molecule has 8 heteroatoms. The van der Waals surface area contributed by atoms with Crippen LogP contribution in [0.15, 0.2) is 52.0 Å². The summed E-state index contributed by atoms with van der Waals surface area (Å²) in [6.45, 7) is 2.12. The number of halogens is 1. The van der Waals surface area contributed by atoms with Crippen LogP contribution in [0.1, 0.15) is 21.0 Å². The van der Waals surface area contributed by atoms with Gasteiger partial charge in [0.2, 0.25) is 0 Å². The lowest BCUT2D eigenvalue weighted by molar-refractivity contribution is 0.0777. The van der Waals surface area contributed by atoms with Gasteiger partial charge in [0.25, 0.3) is 5.91 Å². The lowest BCUT2D eigenvalue weighted by Gasteiger charge is -2.13. The standard InChI is InChI=1S/C20H19ClN4O2S/c1-24-10-9-22-19(24)14-5-3-13(4-6-14)16-11-15(27-23-16)12-25(2)20(26)17-7-8-18(21)28-17/h3-8,11H,9-10,12H2,1-2H3. The summed E-state index contributed by atoms with van der Waals surface area (Å²) in [5.41, 5.74) is 2.79. The van der Waals surface area contributed by atoms with Gasteiger partial charge in [0, 0.05) is 37.8 Å². The number of carbonyl (C=O) groups excluding carboxylic acids is 1. The second-order valence-corrected chi connectivity index (χ2v) is 8.36. The Kier molecular flexibility index (Phi) is 5.19. The molecular formula is C20H19ClN4O2S. The molecule has 0 bridgehead atoms. The molecule has 144 valence electrons. The van der Waals surface area contributed by atoms with Crippen LogP contribution in [0.5, 0.6) is 0 Å². The molecule has 1 aromatic carbocycles. The van der Waals surface area contributed by atoms with Gasteiger partial charge in [-0.25, -0.2) is 0 Å². The van der Waals surface area contributed by atoms with Crippen LogP contribution < -0.4 is 0 Å². The highest BCUT2D eigenvalue weighted by atomic mass is 35.5. The summed E-state index contributed by atoms with van der Waals surface area (Å²) < 4.78 is 6.02. The minimum absolute atomic E-state index is 0.0966. The van der Waals surface area contributed by atoms with E-state index < -0.39 is 0 Å². The fraction of sp³-hybridized carbons (Fsp3) is 0.250. The molecule has 1 amide bonds. The average molecular weight is 415 g/mol. The van der Waals surface area contributed by atoms with Crippen LogP contribution in [0.4, 0.5) is 0 Å². The quantitative estimate of drug-likeness (QED) is 0.632. The molecule has 0 fully saturated rings. The first kappa shape index (κ1) is 18.7. The summed E-state index contributed by atoms with van der Waals surface area (Å²) in [4.78, 5) is 21.3. The van der Waals surface area contributed by atoms with E-state index in [0.717, 1.165) is 35.7 Å². The number of rotatable bonds is 5. The number of carbonyl (C=O) groups is 1. The Morgan fingerprint density at radius 1 is 1.25 bits per heavy atom. The van der Waals surface area contributed by atoms with E-state index in [1.165, 1.54) is 11.3 Å². The molecule has 0 spiro atoms. The average Bonchev–Trinajstić information content (AvgIpc) is 3.43. The third kappa shape index (κ3) is 3.81. The molecule has 0 aliphatic carbocycles. The van der Waals surface area contributed by atoms with Gasteiger partial charge in [-0.05, 0) is 12.1 Å². The fourth-order valence-corrected chi connectivity index (χ4v) is 4.12. The third-order valence-electron chi connectivity index (χ3n) is 4.58. The van der Waals surface area contributed by atoms with Gasteiger partial charge in [-0.15, -0.1) is 11.3 Å². The first-order valence-electron chi connectivity index (χ1n) is 8.84. The molecule has 1 aliphatic rings. The van der Waals surface area contributed by atoms with Crippen LogP contribution in [0, 0.1) is 0 Å². The normalized spacial score (nSPS) is 13.7. The first-order valence-corrected chi connectivity index (χ1v) is 10.0. The molecule has 0 saturated heterocycles. The number of hydrogen-bond acceptors (Lipinski definition) is 6. The highest BCUT2D eigenvalue weighted by molar-refractivity contribution is 7.17. The van der Waals surface area contributed by atoms with Crippen molar-refractivity contribution in [2.24, 2.45) is 4.99 Å². The third-order valence-corrected chi connectivity index (χ3v) is 5.80. The minimum atomic E-state index is -0.0966. The zero-order valence-corrected chi connectivity index (χ0v) is 17.1. The number of benzene rings is 1. The Bertz CT molecular complexity index is 1030. The number of aromatic nitrogens is 1. The number of amides is 1. The zero-order chi connectivity index (χ0) is 19.7. The van der Waals surface area contributed by atoms with Gasteiger partial charge >= 0.3 is 0 Å². The van der Waals surface area contributed by atoms with Gasteiger partial charge in [-0.1, -0.05) is 41.0 Å². The van der Waals surface area contributed by atoms with E-state index in [9.17, 15) is 4.79 Å². The minimum Gasteiger partial charge on any atom is -0.359 e. The predicted octanol–water partition coefficient (Wildman–Crippen LogP) is 4.02. The van der Waals surface area contributed by atoms with Gasteiger partial charge in [0.05, 0.1) is 22.3 Å². The van der Waals surface area contributed by atoms with E-state index in [1.807, 2.05) is 37.4 Å². The van der Waals surface area contributed by atoms with Gasteiger partial charge in [-0.2, -0.15) is 0 Å². The van der Waals surface area contributed by atoms with Gasteiger partial charge in [0.1, 0.15) is 11.5 Å². The number of aliphatic imine (C=N–C) groups is 1. The van der Waals surface area contributed by atoms with Gasteiger partial charge < -0.3 is 14.3 Å². The molecule has 3 heterocycles. The topological polar surface area (TPSA) is 61.9 Å². The van der Waals surface area contributed by atoms with Crippen molar-refractivity contribution in [3.05, 3.63) is 63.0 Å². The number of likely N-dealkylation sites (N-methyl/N-ethyl adjacent to an activating group) is 1. The maximum Gasteiger partial charge on any atom is 0.264 e. The van der Waals surface area contributed by atoms with E-state index in [2.05, 4.69) is 15.0 Å². The van der Waals surface area contributed by atoms with E-state index in [1.54, 1.807) is 24.1 Å². The Balaban J connectivity index is 1.44. The SMILES string of the molecule is CN(Cc1cc(-c2ccc(C3=NCCN3C)cc2)no1)C(=O)c1ccc(Cl)s1. The molecule has 3 aromatic rings. The van der Waals surface area contributed by atoms with E-state index in [-0.39, 0.29) is 5.91 Å². The maximum absolute atomic E-state index is 12.4. The molecule has 6 nitrogen and oxygen atoms in total. The molecular weight excluding hydrogens is 396 g/mol. The first-order chi connectivity index (χ1) is 13.5. The fourth-order valence-electron chi connectivity index (χ4n) is 3.08. The number of thiophene rings is 1. The second kappa shape index (κ2) is 7.77. The van der Waals surface area contributed by atoms with E-state index >= 15 is 0 Å². The molecule has 0 radical (unpaired) electrons. The van der Waals surface area contributed by atoms with Crippen LogP contribution in [-0.4, -0.2) is 53.9 Å². The van der Waals surface area contributed by atoms with Crippen molar-refractivity contribution in [1.29, 1.82) is 0 Å². The molecule has 0 atom stereocenters. The van der Waals surface area contributed by atoms with Crippen molar-refractivity contribution < 1.29 is 9.32 Å². The van der Waals surface area contributed by atoms with Crippen molar-refractivity contribution in [2.75, 3.05) is 27.2 Å². The van der Waals surface area contributed by atoms with Crippen LogP contribution >= 0.6 is 22.9 Å². The predicted molar refractivity (Wildman–Crippen MR) is 111 cm³/mol. The maximum atomic E-state index is 12.4. The Labute approximate surface area is 172 Å². The Morgan fingerprint density at radius 3 is 2.64 bits per heavy atom. The summed E-state index contributed by atoms with van der Waals surface area (Å²) in [6, 6.07) is 13.4. The van der Waals surface area contributed by atoms with Crippen molar-refractivity contribution in [3.63, 3.8) is 0 Å². The van der Waals surface area contributed by atoms with Crippen molar-refractivity contribution in [2.45, 2.75) is 6.54 Å². The second-order valence-electron chi connectivity index (χ2n) is 6.65. The van der Waals surface area contributed by atoms with Crippen molar-refractivity contribution in [1.82, 2.24) is 15.0 Å². The van der Waals surface area contributed by atoms with Crippen LogP contribution in [0.25, 0.3) is 11.3 Å². The molecule has 2 aromatic heterocycles. The zero-order valence-electron chi connectivity index (χ0n) is 15.6. The monoisotopic (exact) mass is 414 g/mol. The summed E-state index contributed by atoms with van der Waals surface area (Å²) >= 11 is 7.17. The van der Waals surface area contributed by atoms with Crippen molar-refractivity contribution >= 4 is 34.7 Å². The molecule has 1 aliphatic heterocycles.